The minimum atomic E-state index is -1.59. The van der Waals surface area contributed by atoms with Crippen molar-refractivity contribution in [2.24, 2.45) is 0 Å². The van der Waals surface area contributed by atoms with Crippen molar-refractivity contribution >= 4 is 0 Å². The summed E-state index contributed by atoms with van der Waals surface area (Å²) in [6.45, 7) is 3.69. The summed E-state index contributed by atoms with van der Waals surface area (Å²) in [4.78, 5) is 0. The van der Waals surface area contributed by atoms with Crippen LogP contribution in [0.1, 0.15) is 117 Å². The van der Waals surface area contributed by atoms with Crippen molar-refractivity contribution in [3.05, 3.63) is 6.42 Å². The maximum atomic E-state index is 9.13. The van der Waals surface area contributed by atoms with E-state index in [-0.39, 0.29) is 0 Å². The third-order valence-corrected chi connectivity index (χ3v) is 4.34. The molecule has 2 nitrogen and oxygen atoms in total. The van der Waals surface area contributed by atoms with Gasteiger partial charge >= 0.3 is 0 Å². The summed E-state index contributed by atoms with van der Waals surface area (Å²) in [7, 11) is 0. The predicted molar refractivity (Wildman–Crippen MR) is 96.7 cm³/mol. The zero-order chi connectivity index (χ0) is 16.5. The molecule has 0 heterocycles. The molecule has 0 amide bonds. The number of rotatable bonds is 17. The van der Waals surface area contributed by atoms with Crippen LogP contribution in [0.25, 0.3) is 0 Å². The van der Waals surface area contributed by atoms with Crippen molar-refractivity contribution < 1.29 is 10.2 Å². The van der Waals surface area contributed by atoms with Crippen LogP contribution in [0.5, 0.6) is 0 Å². The summed E-state index contributed by atoms with van der Waals surface area (Å²) in [6, 6.07) is 0. The Morgan fingerprint density at radius 1 is 0.591 bits per heavy atom. The van der Waals surface area contributed by atoms with Crippen molar-refractivity contribution in [3.8, 4) is 0 Å². The molecule has 22 heavy (non-hydrogen) atoms. The molecule has 0 bridgehead atoms. The Balaban J connectivity index is 3.00. The molecule has 0 saturated heterocycles. The second-order valence-electron chi connectivity index (χ2n) is 7.04. The maximum absolute atomic E-state index is 9.13. The number of unbranched alkanes of at least 4 members (excludes halogenated alkanes) is 15. The van der Waals surface area contributed by atoms with Gasteiger partial charge in [0.25, 0.3) is 0 Å². The molecule has 0 aliphatic carbocycles. The average Bonchev–Trinajstić information content (AvgIpc) is 2.45. The van der Waals surface area contributed by atoms with Gasteiger partial charge in [0.05, 0.1) is 0 Å². The van der Waals surface area contributed by atoms with Gasteiger partial charge < -0.3 is 10.2 Å². The van der Waals surface area contributed by atoms with Gasteiger partial charge in [-0.1, -0.05) is 103 Å². The highest BCUT2D eigenvalue weighted by Crippen LogP contribution is 2.15. The van der Waals surface area contributed by atoms with E-state index < -0.39 is 5.79 Å². The molecule has 1 radical (unpaired) electrons. The molecule has 0 aliphatic heterocycles. The van der Waals surface area contributed by atoms with E-state index in [1.165, 1.54) is 96.8 Å². The normalized spacial score (nSPS) is 12.0. The molecule has 133 valence electrons. The van der Waals surface area contributed by atoms with Gasteiger partial charge in [-0.2, -0.15) is 0 Å². The van der Waals surface area contributed by atoms with Crippen LogP contribution in [0.2, 0.25) is 0 Å². The SMILES string of the molecule is CCCCCCCCCCCCCCCCC[CH]C(C)(O)O. The van der Waals surface area contributed by atoms with E-state index >= 15 is 0 Å². The lowest BCUT2D eigenvalue weighted by Crippen LogP contribution is -2.23. The zero-order valence-electron chi connectivity index (χ0n) is 15.3. The number of hydrogen-bond donors (Lipinski definition) is 2. The Labute approximate surface area is 139 Å². The maximum Gasteiger partial charge on any atom is 0.162 e. The van der Waals surface area contributed by atoms with Crippen molar-refractivity contribution in [1.29, 1.82) is 0 Å². The molecule has 2 heteroatoms. The molecule has 0 aromatic rings. The highest BCUT2D eigenvalue weighted by atomic mass is 16.5. The van der Waals surface area contributed by atoms with Crippen LogP contribution >= 0.6 is 0 Å². The first-order valence-electron chi connectivity index (χ1n) is 9.85. The van der Waals surface area contributed by atoms with Crippen molar-refractivity contribution in [2.75, 3.05) is 0 Å². The highest BCUT2D eigenvalue weighted by molar-refractivity contribution is 4.77. The quantitative estimate of drug-likeness (QED) is 0.249. The van der Waals surface area contributed by atoms with E-state index in [1.54, 1.807) is 6.42 Å². The summed E-state index contributed by atoms with van der Waals surface area (Å²) >= 11 is 0. The van der Waals surface area contributed by atoms with E-state index in [0.717, 1.165) is 12.8 Å². The molecular formula is C20H41O2. The average molecular weight is 314 g/mol. The molecule has 0 rings (SSSR count). The Kier molecular flexibility index (Phi) is 15.7. The van der Waals surface area contributed by atoms with Gasteiger partial charge in [-0.15, -0.1) is 0 Å². The smallest absolute Gasteiger partial charge is 0.162 e. The third kappa shape index (κ3) is 19.9. The highest BCUT2D eigenvalue weighted by Gasteiger charge is 2.13. The molecule has 0 aromatic carbocycles. The molecule has 0 atom stereocenters. The fourth-order valence-electron chi connectivity index (χ4n) is 2.89. The second-order valence-corrected chi connectivity index (χ2v) is 7.04. The van der Waals surface area contributed by atoms with Crippen LogP contribution in [0.4, 0.5) is 0 Å². The molecule has 0 saturated carbocycles. The van der Waals surface area contributed by atoms with Gasteiger partial charge in [-0.3, -0.25) is 0 Å². The summed E-state index contributed by atoms with van der Waals surface area (Å²) in [5.74, 6) is -1.59. The first-order chi connectivity index (χ1) is 10.6. The van der Waals surface area contributed by atoms with Crippen LogP contribution in [0.15, 0.2) is 0 Å². The summed E-state index contributed by atoms with van der Waals surface area (Å²) in [5, 5.41) is 18.3. The van der Waals surface area contributed by atoms with E-state index in [2.05, 4.69) is 6.92 Å². The lowest BCUT2D eigenvalue weighted by Gasteiger charge is -2.14. The van der Waals surface area contributed by atoms with Gasteiger partial charge in [0.1, 0.15) is 0 Å². The topological polar surface area (TPSA) is 40.5 Å². The largest absolute Gasteiger partial charge is 0.366 e. The van der Waals surface area contributed by atoms with Crippen LogP contribution in [-0.2, 0) is 0 Å². The summed E-state index contributed by atoms with van der Waals surface area (Å²) in [6.07, 6.45) is 22.9. The van der Waals surface area contributed by atoms with Crippen LogP contribution in [0.3, 0.4) is 0 Å². The van der Waals surface area contributed by atoms with Gasteiger partial charge in [0.2, 0.25) is 0 Å². The van der Waals surface area contributed by atoms with Gasteiger partial charge in [-0.25, -0.2) is 0 Å². The number of aliphatic hydroxyl groups is 2. The van der Waals surface area contributed by atoms with E-state index in [4.69, 9.17) is 10.2 Å². The molecule has 2 N–H and O–H groups in total. The molecule has 0 aliphatic rings. The monoisotopic (exact) mass is 313 g/mol. The molecule has 0 fully saturated rings. The lowest BCUT2D eigenvalue weighted by atomic mass is 10.0. The Bertz CT molecular complexity index is 208. The summed E-state index contributed by atoms with van der Waals surface area (Å²) < 4.78 is 0. The molecule has 0 unspecified atom stereocenters. The van der Waals surface area contributed by atoms with Crippen LogP contribution < -0.4 is 0 Å². The van der Waals surface area contributed by atoms with E-state index in [0.29, 0.717) is 0 Å². The van der Waals surface area contributed by atoms with Gasteiger partial charge in [-0.05, 0) is 13.3 Å². The molecule has 0 aromatic heterocycles. The third-order valence-electron chi connectivity index (χ3n) is 4.34. The second kappa shape index (κ2) is 15.8. The fraction of sp³-hybridized carbons (Fsp3) is 0.950. The number of hydrogen-bond acceptors (Lipinski definition) is 2. The summed E-state index contributed by atoms with van der Waals surface area (Å²) in [5.41, 5.74) is 0. The molecule has 0 spiro atoms. The Hall–Kier alpha value is -0.0800. The van der Waals surface area contributed by atoms with E-state index in [9.17, 15) is 0 Å². The standard InChI is InChI=1S/C20H41O2/c1-3-4-5-6-7-8-9-10-11-12-13-14-15-16-17-18-19-20(2,21)22/h19,21-22H,3-18H2,1-2H3. The zero-order valence-corrected chi connectivity index (χ0v) is 15.3. The predicted octanol–water partition coefficient (Wildman–Crippen LogP) is 6.15. The van der Waals surface area contributed by atoms with Crippen molar-refractivity contribution in [1.82, 2.24) is 0 Å². The lowest BCUT2D eigenvalue weighted by molar-refractivity contribution is -0.117. The Morgan fingerprint density at radius 2 is 0.909 bits per heavy atom. The minimum absolute atomic E-state index is 0.807. The van der Waals surface area contributed by atoms with Gasteiger partial charge in [0.15, 0.2) is 5.79 Å². The van der Waals surface area contributed by atoms with Crippen LogP contribution in [-0.4, -0.2) is 16.0 Å². The first-order valence-corrected chi connectivity index (χ1v) is 9.85. The Morgan fingerprint density at radius 3 is 1.23 bits per heavy atom. The van der Waals surface area contributed by atoms with Crippen molar-refractivity contribution in [3.63, 3.8) is 0 Å². The molecular weight excluding hydrogens is 272 g/mol. The van der Waals surface area contributed by atoms with Crippen molar-refractivity contribution in [2.45, 2.75) is 122 Å². The van der Waals surface area contributed by atoms with Crippen LogP contribution in [0, 0.1) is 6.42 Å². The first kappa shape index (κ1) is 21.9. The fourth-order valence-corrected chi connectivity index (χ4v) is 2.89. The van der Waals surface area contributed by atoms with E-state index in [1.807, 2.05) is 0 Å². The minimum Gasteiger partial charge on any atom is -0.366 e. The van der Waals surface area contributed by atoms with Gasteiger partial charge in [0, 0.05) is 6.42 Å².